The van der Waals surface area contributed by atoms with Gasteiger partial charge in [-0.05, 0) is 37.0 Å². The highest BCUT2D eigenvalue weighted by atomic mass is 35.5. The Morgan fingerprint density at radius 2 is 2.07 bits per heavy atom. The number of nitrogens with one attached hydrogen (secondary N) is 1. The van der Waals surface area contributed by atoms with E-state index in [-0.39, 0.29) is 12.1 Å². The number of carbonyl (C=O) groups excluding carboxylic acids is 1. The highest BCUT2D eigenvalue weighted by Crippen LogP contribution is 2.25. The van der Waals surface area contributed by atoms with Crippen molar-refractivity contribution in [2.24, 2.45) is 0 Å². The molecule has 1 unspecified atom stereocenters. The van der Waals surface area contributed by atoms with E-state index < -0.39 is 0 Å². The molecule has 0 fully saturated rings. The van der Waals surface area contributed by atoms with Gasteiger partial charge in [-0.3, -0.25) is 0 Å². The number of hydrogen-bond donors (Lipinski definition) is 2. The van der Waals surface area contributed by atoms with Gasteiger partial charge in [0.1, 0.15) is 5.52 Å². The molecule has 1 atom stereocenters. The summed E-state index contributed by atoms with van der Waals surface area (Å²) in [6.45, 7) is 3.22. The lowest BCUT2D eigenvalue weighted by molar-refractivity contribution is 0.139. The number of nitrogens with two attached hydrogens (primary N) is 1. The second-order valence-corrected chi connectivity index (χ2v) is 7.48. The van der Waals surface area contributed by atoms with E-state index >= 15 is 0 Å². The third kappa shape index (κ3) is 5.64. The number of aryl methyl sites for hydroxylation is 1. The molecule has 3 N–H and O–H groups in total. The average Bonchev–Trinajstić information content (AvgIpc) is 3.11. The van der Waals surface area contributed by atoms with E-state index in [1.165, 1.54) is 0 Å². The fourth-order valence-electron chi connectivity index (χ4n) is 3.36. The molecule has 0 spiro atoms. The van der Waals surface area contributed by atoms with Gasteiger partial charge in [-0.25, -0.2) is 9.78 Å². The molecule has 0 aliphatic heterocycles. The number of nitrogen functional groups attached to an aromatic ring is 1. The molecule has 0 radical (unpaired) electrons. The molecule has 6 nitrogen and oxygen atoms in total. The molecule has 1 amide bonds. The predicted octanol–water partition coefficient (Wildman–Crippen LogP) is 5.32. The Labute approximate surface area is 176 Å². The number of hydrogen-bond acceptors (Lipinski definition) is 4. The van der Waals surface area contributed by atoms with E-state index in [4.69, 9.17) is 22.1 Å². The van der Waals surface area contributed by atoms with Crippen molar-refractivity contribution in [3.63, 3.8) is 0 Å². The maximum absolute atomic E-state index is 12.2. The van der Waals surface area contributed by atoms with Crippen LogP contribution in [0, 0.1) is 0 Å². The number of halogens is 1. The average molecular weight is 415 g/mol. The number of imidazole rings is 1. The van der Waals surface area contributed by atoms with Crippen molar-refractivity contribution < 1.29 is 9.53 Å². The van der Waals surface area contributed by atoms with Gasteiger partial charge in [-0.2, -0.15) is 0 Å². The number of anilines is 1. The van der Waals surface area contributed by atoms with Gasteiger partial charge >= 0.3 is 6.09 Å². The van der Waals surface area contributed by atoms with Crippen LogP contribution in [0.3, 0.4) is 0 Å². The number of fused-ring (bicyclic) bond motifs is 1. The van der Waals surface area contributed by atoms with E-state index in [1.807, 2.05) is 41.0 Å². The Kier molecular flexibility index (Phi) is 7.36. The monoisotopic (exact) mass is 414 g/mol. The van der Waals surface area contributed by atoms with Crippen LogP contribution in [0.2, 0.25) is 5.02 Å². The van der Waals surface area contributed by atoms with Gasteiger partial charge in [0.2, 0.25) is 0 Å². The highest BCUT2D eigenvalue weighted by Gasteiger charge is 2.14. The minimum atomic E-state index is -0.375. The summed E-state index contributed by atoms with van der Waals surface area (Å²) >= 11 is 6.09. The first-order chi connectivity index (χ1) is 14.1. The molecule has 0 saturated heterocycles. The number of nitrogens with zero attached hydrogens (tertiary/aromatic N) is 2. The van der Waals surface area contributed by atoms with Crippen LogP contribution in [-0.4, -0.2) is 22.3 Å². The van der Waals surface area contributed by atoms with Crippen LogP contribution < -0.4 is 11.1 Å². The van der Waals surface area contributed by atoms with Crippen LogP contribution in [0.5, 0.6) is 0 Å². The smallest absolute Gasteiger partial charge is 0.407 e. The SMILES string of the molecule is CCCC(NC(=O)OCCCCn1cnc2c(N)cc(Cl)cc21)c1ccccc1. The lowest BCUT2D eigenvalue weighted by Gasteiger charge is -2.18. The molecule has 2 aromatic carbocycles. The summed E-state index contributed by atoms with van der Waals surface area (Å²) in [7, 11) is 0. The van der Waals surface area contributed by atoms with Gasteiger partial charge in [0, 0.05) is 11.6 Å². The summed E-state index contributed by atoms with van der Waals surface area (Å²) < 4.78 is 7.39. The molecule has 0 aliphatic carbocycles. The zero-order valence-corrected chi connectivity index (χ0v) is 17.4. The van der Waals surface area contributed by atoms with Gasteiger partial charge in [-0.1, -0.05) is 55.3 Å². The van der Waals surface area contributed by atoms with E-state index in [0.29, 0.717) is 17.3 Å². The molecule has 1 aromatic heterocycles. The van der Waals surface area contributed by atoms with Crippen molar-refractivity contribution >= 4 is 34.4 Å². The lowest BCUT2D eigenvalue weighted by Crippen LogP contribution is -2.29. The summed E-state index contributed by atoms with van der Waals surface area (Å²) in [6, 6.07) is 13.5. The van der Waals surface area contributed by atoms with Crippen molar-refractivity contribution in [3.8, 4) is 0 Å². The largest absolute Gasteiger partial charge is 0.450 e. The van der Waals surface area contributed by atoms with E-state index in [9.17, 15) is 4.79 Å². The Hall–Kier alpha value is -2.73. The lowest BCUT2D eigenvalue weighted by atomic mass is 10.0. The number of unbranched alkanes of at least 4 members (excludes halogenated alkanes) is 1. The predicted molar refractivity (Wildman–Crippen MR) is 117 cm³/mol. The van der Waals surface area contributed by atoms with Gasteiger partial charge < -0.3 is 20.4 Å². The van der Waals surface area contributed by atoms with Crippen molar-refractivity contribution in [2.75, 3.05) is 12.3 Å². The van der Waals surface area contributed by atoms with E-state index in [0.717, 1.165) is 48.8 Å². The van der Waals surface area contributed by atoms with Gasteiger partial charge in [-0.15, -0.1) is 0 Å². The zero-order valence-electron chi connectivity index (χ0n) is 16.6. The van der Waals surface area contributed by atoms with E-state index in [2.05, 4.69) is 17.2 Å². The molecule has 0 bridgehead atoms. The number of aromatic nitrogens is 2. The van der Waals surface area contributed by atoms with Crippen molar-refractivity contribution in [2.45, 2.75) is 45.2 Å². The molecule has 3 rings (SSSR count). The molecule has 7 heteroatoms. The fraction of sp³-hybridized carbons (Fsp3) is 0.364. The van der Waals surface area contributed by atoms with Crippen LogP contribution in [0.15, 0.2) is 48.8 Å². The molecule has 0 saturated carbocycles. The first-order valence-corrected chi connectivity index (χ1v) is 10.3. The Balaban J connectivity index is 1.44. The first kappa shape index (κ1) is 21.0. The summed E-state index contributed by atoms with van der Waals surface area (Å²) in [5, 5.41) is 3.56. The van der Waals surface area contributed by atoms with Crippen molar-refractivity contribution in [1.82, 2.24) is 14.9 Å². The van der Waals surface area contributed by atoms with Crippen LogP contribution in [0.4, 0.5) is 10.5 Å². The van der Waals surface area contributed by atoms with Gasteiger partial charge in [0.15, 0.2) is 0 Å². The number of rotatable bonds is 9. The summed E-state index contributed by atoms with van der Waals surface area (Å²) in [6.07, 6.45) is 4.85. The zero-order chi connectivity index (χ0) is 20.6. The van der Waals surface area contributed by atoms with Crippen LogP contribution in [0.1, 0.15) is 44.2 Å². The van der Waals surface area contributed by atoms with Crippen molar-refractivity contribution in [3.05, 3.63) is 59.4 Å². The second kappa shape index (κ2) is 10.2. The first-order valence-electron chi connectivity index (χ1n) is 9.96. The summed E-state index contributed by atoms with van der Waals surface area (Å²) in [5.41, 5.74) is 9.30. The molecular formula is C22H27ClN4O2. The quantitative estimate of drug-likeness (QED) is 0.366. The highest BCUT2D eigenvalue weighted by molar-refractivity contribution is 6.31. The third-order valence-electron chi connectivity index (χ3n) is 4.82. The molecule has 154 valence electrons. The maximum Gasteiger partial charge on any atom is 0.407 e. The fourth-order valence-corrected chi connectivity index (χ4v) is 3.58. The summed E-state index contributed by atoms with van der Waals surface area (Å²) in [4.78, 5) is 16.5. The molecule has 29 heavy (non-hydrogen) atoms. The van der Waals surface area contributed by atoms with Crippen molar-refractivity contribution in [1.29, 1.82) is 0 Å². The number of ether oxygens (including phenoxy) is 1. The number of amides is 1. The van der Waals surface area contributed by atoms with Gasteiger partial charge in [0.05, 0.1) is 30.2 Å². The molecule has 3 aromatic rings. The second-order valence-electron chi connectivity index (χ2n) is 7.04. The minimum Gasteiger partial charge on any atom is -0.450 e. The Morgan fingerprint density at radius 1 is 1.28 bits per heavy atom. The molecular weight excluding hydrogens is 388 g/mol. The molecule has 1 heterocycles. The van der Waals surface area contributed by atoms with Crippen LogP contribution in [-0.2, 0) is 11.3 Å². The van der Waals surface area contributed by atoms with E-state index in [1.54, 1.807) is 12.4 Å². The standard InChI is InChI=1S/C22H27ClN4O2/c1-2-8-19(16-9-4-3-5-10-16)26-22(28)29-12-7-6-11-27-15-25-21-18(24)13-17(23)14-20(21)27/h3-5,9-10,13-15,19H,2,6-8,11-12,24H2,1H3,(H,26,28). The maximum atomic E-state index is 12.2. The number of alkyl carbamates (subject to hydrolysis) is 1. The number of benzene rings is 2. The Morgan fingerprint density at radius 3 is 2.83 bits per heavy atom. The minimum absolute atomic E-state index is 0.0266. The normalized spacial score (nSPS) is 12.1. The number of carbonyl (C=O) groups is 1. The molecule has 0 aliphatic rings. The van der Waals surface area contributed by atoms with Gasteiger partial charge in [0.25, 0.3) is 0 Å². The van der Waals surface area contributed by atoms with Crippen LogP contribution in [0.25, 0.3) is 11.0 Å². The van der Waals surface area contributed by atoms with Crippen LogP contribution >= 0.6 is 11.6 Å². The third-order valence-corrected chi connectivity index (χ3v) is 5.04. The topological polar surface area (TPSA) is 82.2 Å². The summed E-state index contributed by atoms with van der Waals surface area (Å²) in [5.74, 6) is 0. The Bertz CT molecular complexity index is 943.